The Balaban J connectivity index is 1.56. The van der Waals surface area contributed by atoms with Crippen molar-refractivity contribution < 1.29 is 0 Å². The first kappa shape index (κ1) is 17.6. The third kappa shape index (κ3) is 2.35. The van der Waals surface area contributed by atoms with Crippen LogP contribution in [0.1, 0.15) is 0 Å². The Hall–Kier alpha value is -4.04. The highest BCUT2D eigenvalue weighted by Crippen LogP contribution is 2.36. The molecule has 2 heterocycles. The molecule has 5 aromatic carbocycles. The van der Waals surface area contributed by atoms with E-state index in [9.17, 15) is 0 Å². The maximum atomic E-state index is 2.37. The summed E-state index contributed by atoms with van der Waals surface area (Å²) in [6.45, 7) is 0. The van der Waals surface area contributed by atoms with E-state index >= 15 is 0 Å². The summed E-state index contributed by atoms with van der Waals surface area (Å²) < 4.78 is 4.52. The van der Waals surface area contributed by atoms with E-state index in [-0.39, 0.29) is 0 Å². The van der Waals surface area contributed by atoms with Gasteiger partial charge in [0.1, 0.15) is 0 Å². The van der Waals surface area contributed by atoms with Gasteiger partial charge in [0, 0.05) is 47.8 Å². The third-order valence-electron chi connectivity index (χ3n) is 7.07. The van der Waals surface area contributed by atoms with Crippen LogP contribution in [0.2, 0.25) is 0 Å². The lowest BCUT2D eigenvalue weighted by Gasteiger charge is -2.10. The smallest absolute Gasteiger partial charge is 0.0489 e. The Morgan fingerprint density at radius 2 is 1.16 bits per heavy atom. The van der Waals surface area contributed by atoms with Gasteiger partial charge in [-0.3, -0.25) is 0 Å². The molecule has 2 heteroatoms. The molecule has 7 aromatic rings. The molecule has 7 rings (SSSR count). The zero-order valence-electron chi connectivity index (χ0n) is 18.1. The fraction of sp³-hybridized carbons (Fsp3) is 0.0667. The van der Waals surface area contributed by atoms with Crippen molar-refractivity contribution in [3.8, 4) is 11.3 Å². The summed E-state index contributed by atoms with van der Waals surface area (Å²) in [5.41, 5.74) is 5.03. The maximum absolute atomic E-state index is 2.37. The fourth-order valence-corrected chi connectivity index (χ4v) is 5.36. The molecule has 0 radical (unpaired) electrons. The molecule has 0 spiro atoms. The van der Waals surface area contributed by atoms with Crippen molar-refractivity contribution >= 4 is 54.1 Å². The normalized spacial score (nSPS) is 12.1. The van der Waals surface area contributed by atoms with Crippen LogP contribution in [0.4, 0.5) is 0 Å². The predicted octanol–water partition coefficient (Wildman–Crippen LogP) is 7.80. The van der Waals surface area contributed by atoms with Crippen LogP contribution in [-0.4, -0.2) is 9.13 Å². The highest BCUT2D eigenvalue weighted by atomic mass is 14.9. The zero-order valence-corrected chi connectivity index (χ0v) is 18.1. The second kappa shape index (κ2) is 6.24. The number of hydrogen-bond acceptors (Lipinski definition) is 0. The van der Waals surface area contributed by atoms with Crippen LogP contribution in [0, 0.1) is 0 Å². The molecule has 2 nitrogen and oxygen atoms in total. The summed E-state index contributed by atoms with van der Waals surface area (Å²) in [7, 11) is 4.29. The Morgan fingerprint density at radius 1 is 0.500 bits per heavy atom. The van der Waals surface area contributed by atoms with Crippen LogP contribution < -0.4 is 0 Å². The van der Waals surface area contributed by atoms with E-state index in [1.807, 2.05) is 0 Å². The number of hydrogen-bond donors (Lipinski definition) is 0. The van der Waals surface area contributed by atoms with Crippen LogP contribution in [0.25, 0.3) is 65.4 Å². The third-order valence-corrected chi connectivity index (χ3v) is 7.07. The Labute approximate surface area is 185 Å². The van der Waals surface area contributed by atoms with E-state index < -0.39 is 0 Å². The number of aromatic nitrogens is 2. The Kier molecular flexibility index (Phi) is 3.44. The van der Waals surface area contributed by atoms with Crippen molar-refractivity contribution in [2.24, 2.45) is 14.1 Å². The maximum Gasteiger partial charge on any atom is 0.0489 e. The standard InChI is InChI=1S/C30H22N2/c1-31-13-12-22-14-20-8-10-25-24(26(20)17-28(22)31)11-9-21-15-23-16-29(19-6-4-3-5-7-19)32(2)30(23)18-27(21)25/h3-18H,1-2H3. The van der Waals surface area contributed by atoms with Gasteiger partial charge in [0.2, 0.25) is 0 Å². The monoisotopic (exact) mass is 410 g/mol. The van der Waals surface area contributed by atoms with Crippen molar-refractivity contribution in [1.82, 2.24) is 9.13 Å². The molecule has 0 fully saturated rings. The molecule has 0 aliphatic carbocycles. The number of nitrogens with zero attached hydrogens (tertiary/aromatic N) is 2. The Bertz CT molecular complexity index is 1830. The van der Waals surface area contributed by atoms with Crippen LogP contribution in [0.5, 0.6) is 0 Å². The van der Waals surface area contributed by atoms with Gasteiger partial charge in [-0.2, -0.15) is 0 Å². The molecule has 152 valence electrons. The van der Waals surface area contributed by atoms with Gasteiger partial charge in [0.05, 0.1) is 0 Å². The molecule has 0 unspecified atom stereocenters. The van der Waals surface area contributed by atoms with Crippen LogP contribution in [0.15, 0.2) is 97.2 Å². The van der Waals surface area contributed by atoms with Crippen molar-refractivity contribution in [2.45, 2.75) is 0 Å². The number of rotatable bonds is 1. The number of fused-ring (bicyclic) bond motifs is 7. The van der Waals surface area contributed by atoms with Gasteiger partial charge >= 0.3 is 0 Å². The minimum absolute atomic E-state index is 1.25. The van der Waals surface area contributed by atoms with E-state index in [2.05, 4.69) is 120 Å². The topological polar surface area (TPSA) is 9.86 Å². The second-order valence-corrected chi connectivity index (χ2v) is 8.87. The van der Waals surface area contributed by atoms with Gasteiger partial charge in [-0.15, -0.1) is 0 Å². The van der Waals surface area contributed by atoms with Crippen molar-refractivity contribution in [1.29, 1.82) is 0 Å². The van der Waals surface area contributed by atoms with Gasteiger partial charge in [0.25, 0.3) is 0 Å². The molecule has 0 saturated heterocycles. The molecule has 0 bridgehead atoms. The minimum Gasteiger partial charge on any atom is -0.351 e. The molecule has 0 N–H and O–H groups in total. The summed E-state index contributed by atoms with van der Waals surface area (Å²) in [5.74, 6) is 0. The lowest BCUT2D eigenvalue weighted by Crippen LogP contribution is -1.91. The van der Waals surface area contributed by atoms with E-state index in [1.54, 1.807) is 0 Å². The van der Waals surface area contributed by atoms with Crippen molar-refractivity contribution in [3.63, 3.8) is 0 Å². The van der Waals surface area contributed by atoms with E-state index in [1.165, 1.54) is 65.4 Å². The molecule has 32 heavy (non-hydrogen) atoms. The lowest BCUT2D eigenvalue weighted by atomic mass is 9.95. The van der Waals surface area contributed by atoms with Crippen LogP contribution in [-0.2, 0) is 14.1 Å². The number of benzene rings is 5. The molecule has 0 atom stereocenters. The average Bonchev–Trinajstić information content (AvgIpc) is 3.35. The van der Waals surface area contributed by atoms with Gasteiger partial charge in [-0.1, -0.05) is 54.6 Å². The SMILES string of the molecule is Cn1ccc2cc3ccc4c5cc6c(cc(-c7ccccc7)n6C)cc5ccc4c3cc21. The first-order valence-electron chi connectivity index (χ1n) is 11.1. The highest BCUT2D eigenvalue weighted by Gasteiger charge is 2.12. The molecular formula is C30H22N2. The molecular weight excluding hydrogens is 388 g/mol. The van der Waals surface area contributed by atoms with E-state index in [4.69, 9.17) is 0 Å². The molecule has 0 aliphatic rings. The summed E-state index contributed by atoms with van der Waals surface area (Å²) in [5, 5.41) is 10.4. The average molecular weight is 411 g/mol. The van der Waals surface area contributed by atoms with Crippen molar-refractivity contribution in [2.75, 3.05) is 0 Å². The largest absolute Gasteiger partial charge is 0.351 e. The molecule has 0 amide bonds. The van der Waals surface area contributed by atoms with Gasteiger partial charge in [0.15, 0.2) is 0 Å². The second-order valence-electron chi connectivity index (χ2n) is 8.87. The predicted molar refractivity (Wildman–Crippen MR) is 137 cm³/mol. The zero-order chi connectivity index (χ0) is 21.4. The first-order chi connectivity index (χ1) is 15.7. The summed E-state index contributed by atoms with van der Waals surface area (Å²) in [4.78, 5) is 0. The molecule has 0 saturated carbocycles. The first-order valence-corrected chi connectivity index (χ1v) is 11.1. The molecule has 2 aromatic heterocycles. The summed E-state index contributed by atoms with van der Waals surface area (Å²) in [6.07, 6.45) is 2.14. The quantitative estimate of drug-likeness (QED) is 0.244. The summed E-state index contributed by atoms with van der Waals surface area (Å²) >= 11 is 0. The highest BCUT2D eigenvalue weighted by molar-refractivity contribution is 6.20. The number of aryl methyl sites for hydroxylation is 2. The van der Waals surface area contributed by atoms with Crippen molar-refractivity contribution in [3.05, 3.63) is 97.2 Å². The Morgan fingerprint density at radius 3 is 1.88 bits per heavy atom. The molecule has 0 aliphatic heterocycles. The van der Waals surface area contributed by atoms with Crippen LogP contribution >= 0.6 is 0 Å². The van der Waals surface area contributed by atoms with Gasteiger partial charge in [-0.25, -0.2) is 0 Å². The lowest BCUT2D eigenvalue weighted by molar-refractivity contribution is 0.970. The van der Waals surface area contributed by atoms with E-state index in [0.29, 0.717) is 0 Å². The van der Waals surface area contributed by atoms with Gasteiger partial charge < -0.3 is 9.13 Å². The van der Waals surface area contributed by atoms with Crippen LogP contribution in [0.3, 0.4) is 0 Å². The van der Waals surface area contributed by atoms with E-state index in [0.717, 1.165) is 0 Å². The summed E-state index contributed by atoms with van der Waals surface area (Å²) in [6, 6.07) is 33.6. The minimum atomic E-state index is 1.25. The van der Waals surface area contributed by atoms with Gasteiger partial charge in [-0.05, 0) is 74.3 Å². The fourth-order valence-electron chi connectivity index (χ4n) is 5.36.